The van der Waals surface area contributed by atoms with Crippen molar-refractivity contribution in [3.05, 3.63) is 84.9 Å². The molecule has 0 aliphatic carbocycles. The molecular formula is C18H15NO2S2. The highest BCUT2D eigenvalue weighted by molar-refractivity contribution is 8.00. The molecule has 0 bridgehead atoms. The van der Waals surface area contributed by atoms with Crippen LogP contribution in [0.1, 0.15) is 0 Å². The van der Waals surface area contributed by atoms with Crippen LogP contribution in [0.2, 0.25) is 0 Å². The van der Waals surface area contributed by atoms with E-state index in [0.717, 1.165) is 10.6 Å². The van der Waals surface area contributed by atoms with Gasteiger partial charge in [-0.1, -0.05) is 36.4 Å². The summed E-state index contributed by atoms with van der Waals surface area (Å²) in [6, 6.07) is 25.2. The molecule has 116 valence electrons. The van der Waals surface area contributed by atoms with E-state index in [4.69, 9.17) is 0 Å². The van der Waals surface area contributed by atoms with E-state index in [2.05, 4.69) is 4.72 Å². The van der Waals surface area contributed by atoms with Gasteiger partial charge in [-0.15, -0.1) is 0 Å². The summed E-state index contributed by atoms with van der Waals surface area (Å²) >= 11 is 1.48. The molecule has 0 heterocycles. The van der Waals surface area contributed by atoms with E-state index in [1.807, 2.05) is 30.3 Å². The maximum atomic E-state index is 12.5. The quantitative estimate of drug-likeness (QED) is 0.687. The Morgan fingerprint density at radius 3 is 1.78 bits per heavy atom. The maximum Gasteiger partial charge on any atom is 0.206 e. The van der Waals surface area contributed by atoms with E-state index >= 15 is 0 Å². The summed E-state index contributed by atoms with van der Waals surface area (Å²) in [6.07, 6.45) is 0. The number of hydrogen-bond acceptors (Lipinski definition) is 4. The van der Waals surface area contributed by atoms with Crippen molar-refractivity contribution in [2.45, 2.75) is 14.7 Å². The zero-order valence-electron chi connectivity index (χ0n) is 12.2. The van der Waals surface area contributed by atoms with Crippen LogP contribution in [0.4, 0.5) is 5.69 Å². The van der Waals surface area contributed by atoms with E-state index in [-0.39, 0.29) is 0 Å². The van der Waals surface area contributed by atoms with Gasteiger partial charge in [0.05, 0.1) is 9.79 Å². The largest absolute Gasteiger partial charge is 0.326 e. The van der Waals surface area contributed by atoms with Crippen LogP contribution < -0.4 is 4.72 Å². The Hall–Kier alpha value is -2.24. The van der Waals surface area contributed by atoms with Crippen molar-refractivity contribution < 1.29 is 8.42 Å². The normalized spacial score (nSPS) is 11.1. The van der Waals surface area contributed by atoms with E-state index < -0.39 is 9.84 Å². The first-order valence-electron chi connectivity index (χ1n) is 7.04. The number of anilines is 1. The summed E-state index contributed by atoms with van der Waals surface area (Å²) in [5.74, 6) is 0. The molecule has 1 N–H and O–H groups in total. The first kappa shape index (κ1) is 15.6. The van der Waals surface area contributed by atoms with Crippen LogP contribution in [-0.4, -0.2) is 8.42 Å². The predicted molar refractivity (Wildman–Crippen MR) is 94.3 cm³/mol. The van der Waals surface area contributed by atoms with Gasteiger partial charge < -0.3 is 4.72 Å². The van der Waals surface area contributed by atoms with Gasteiger partial charge in [0, 0.05) is 10.6 Å². The third-order valence-corrected chi connectivity index (χ3v) is 5.88. The molecule has 3 aromatic carbocycles. The highest BCUT2D eigenvalue weighted by Gasteiger charge is 2.16. The molecule has 0 aromatic heterocycles. The molecule has 0 amide bonds. The van der Waals surface area contributed by atoms with Gasteiger partial charge in [0.25, 0.3) is 0 Å². The molecular weight excluding hydrogens is 326 g/mol. The Labute approximate surface area is 140 Å². The van der Waals surface area contributed by atoms with Gasteiger partial charge in [-0.25, -0.2) is 8.42 Å². The fraction of sp³-hybridized carbons (Fsp3) is 0. The Morgan fingerprint density at radius 2 is 1.17 bits per heavy atom. The van der Waals surface area contributed by atoms with Crippen LogP contribution in [0, 0.1) is 0 Å². The third kappa shape index (κ3) is 3.75. The minimum Gasteiger partial charge on any atom is -0.326 e. The average Bonchev–Trinajstić information content (AvgIpc) is 2.62. The zero-order valence-corrected chi connectivity index (χ0v) is 13.8. The Balaban J connectivity index is 1.75. The smallest absolute Gasteiger partial charge is 0.206 e. The van der Waals surface area contributed by atoms with E-state index in [1.54, 1.807) is 54.6 Å². The first-order chi connectivity index (χ1) is 11.2. The van der Waals surface area contributed by atoms with Crippen LogP contribution in [0.5, 0.6) is 0 Å². The third-order valence-electron chi connectivity index (χ3n) is 3.25. The molecule has 0 atom stereocenters. The molecule has 3 aromatic rings. The molecule has 0 saturated carbocycles. The maximum absolute atomic E-state index is 12.5. The minimum absolute atomic E-state index is 0.291. The van der Waals surface area contributed by atoms with Crippen molar-refractivity contribution in [3.8, 4) is 0 Å². The number of benzene rings is 3. The van der Waals surface area contributed by atoms with Gasteiger partial charge in [0.15, 0.2) is 0 Å². The summed E-state index contributed by atoms with van der Waals surface area (Å²) in [4.78, 5) is 1.69. The van der Waals surface area contributed by atoms with E-state index in [1.165, 1.54) is 11.9 Å². The van der Waals surface area contributed by atoms with Crippen LogP contribution in [0.3, 0.4) is 0 Å². The number of rotatable bonds is 5. The molecule has 0 aliphatic heterocycles. The molecule has 0 saturated heterocycles. The van der Waals surface area contributed by atoms with Gasteiger partial charge in [-0.05, 0) is 60.5 Å². The molecule has 3 nitrogen and oxygen atoms in total. The molecule has 0 spiro atoms. The summed E-state index contributed by atoms with van der Waals surface area (Å²) in [7, 11) is -3.46. The van der Waals surface area contributed by atoms with Crippen LogP contribution in [-0.2, 0) is 9.84 Å². The predicted octanol–water partition coefficient (Wildman–Crippen LogP) is 4.64. The molecule has 0 aliphatic rings. The molecule has 5 heteroatoms. The van der Waals surface area contributed by atoms with Gasteiger partial charge >= 0.3 is 0 Å². The number of nitrogens with one attached hydrogen (secondary N) is 1. The Morgan fingerprint density at radius 1 is 0.652 bits per heavy atom. The lowest BCUT2D eigenvalue weighted by atomic mass is 10.3. The molecule has 0 unspecified atom stereocenters. The van der Waals surface area contributed by atoms with E-state index in [0.29, 0.717) is 9.79 Å². The van der Waals surface area contributed by atoms with Crippen molar-refractivity contribution in [1.82, 2.24) is 0 Å². The first-order valence-corrected chi connectivity index (χ1v) is 9.34. The average molecular weight is 341 g/mol. The van der Waals surface area contributed by atoms with Crippen molar-refractivity contribution in [3.63, 3.8) is 0 Å². The van der Waals surface area contributed by atoms with Crippen LogP contribution >= 0.6 is 11.9 Å². The number of sulfone groups is 1. The minimum atomic E-state index is -3.46. The van der Waals surface area contributed by atoms with Crippen molar-refractivity contribution in [2.75, 3.05) is 4.72 Å². The van der Waals surface area contributed by atoms with Crippen molar-refractivity contribution in [1.29, 1.82) is 0 Å². The molecule has 0 radical (unpaired) electrons. The fourth-order valence-electron chi connectivity index (χ4n) is 2.04. The lowest BCUT2D eigenvalue weighted by Crippen LogP contribution is -2.01. The summed E-state index contributed by atoms with van der Waals surface area (Å²) in [5.41, 5.74) is 0.853. The van der Waals surface area contributed by atoms with Gasteiger partial charge in [-0.3, -0.25) is 0 Å². The van der Waals surface area contributed by atoms with E-state index in [9.17, 15) is 8.42 Å². The standard InChI is InChI=1S/C18H15NO2S2/c20-23(21,17-9-5-2-6-10-17)18-13-11-15(12-14-18)19-22-16-7-3-1-4-8-16/h1-14,19H. The van der Waals surface area contributed by atoms with Gasteiger partial charge in [0.1, 0.15) is 0 Å². The zero-order chi connectivity index (χ0) is 16.1. The van der Waals surface area contributed by atoms with Crippen LogP contribution in [0.15, 0.2) is 99.6 Å². The lowest BCUT2D eigenvalue weighted by molar-refractivity contribution is 0.596. The Bertz CT molecular complexity index is 862. The molecule has 0 fully saturated rings. The summed E-state index contributed by atoms with van der Waals surface area (Å²) < 4.78 is 28.2. The SMILES string of the molecule is O=S(=O)(c1ccccc1)c1ccc(NSc2ccccc2)cc1. The second-order valence-corrected chi connectivity index (χ2v) is 7.69. The summed E-state index contributed by atoms with van der Waals surface area (Å²) in [5, 5.41) is 0. The Kier molecular flexibility index (Phi) is 4.69. The van der Waals surface area contributed by atoms with Gasteiger partial charge in [0.2, 0.25) is 9.84 Å². The lowest BCUT2D eigenvalue weighted by Gasteiger charge is -2.08. The number of hydrogen-bond donors (Lipinski definition) is 1. The highest BCUT2D eigenvalue weighted by Crippen LogP contribution is 2.24. The molecule has 3 rings (SSSR count). The van der Waals surface area contributed by atoms with Crippen LogP contribution in [0.25, 0.3) is 0 Å². The second-order valence-electron chi connectivity index (χ2n) is 4.86. The topological polar surface area (TPSA) is 46.2 Å². The second kappa shape index (κ2) is 6.89. The monoisotopic (exact) mass is 341 g/mol. The fourth-order valence-corrected chi connectivity index (χ4v) is 3.99. The molecule has 23 heavy (non-hydrogen) atoms. The van der Waals surface area contributed by atoms with Gasteiger partial charge in [-0.2, -0.15) is 0 Å². The highest BCUT2D eigenvalue weighted by atomic mass is 32.2. The summed E-state index contributed by atoms with van der Waals surface area (Å²) in [6.45, 7) is 0. The van der Waals surface area contributed by atoms with Crippen molar-refractivity contribution in [2.24, 2.45) is 0 Å². The van der Waals surface area contributed by atoms with Crippen molar-refractivity contribution >= 4 is 27.5 Å².